The van der Waals surface area contributed by atoms with E-state index in [1.54, 1.807) is 11.8 Å². The van der Waals surface area contributed by atoms with Crippen LogP contribution in [0.5, 0.6) is 5.75 Å². The molecule has 0 saturated carbocycles. The third kappa shape index (κ3) is 3.60. The molecule has 0 fully saturated rings. The molecule has 1 aromatic heterocycles. The smallest absolute Gasteiger partial charge is 0.144 e. The van der Waals surface area contributed by atoms with Crippen molar-refractivity contribution in [2.24, 2.45) is 0 Å². The Morgan fingerprint density at radius 1 is 1.18 bits per heavy atom. The molecule has 0 aliphatic rings. The van der Waals surface area contributed by atoms with Crippen LogP contribution < -0.4 is 10.5 Å². The number of nitrogens with two attached hydrogens (primary N) is 1. The lowest BCUT2D eigenvalue weighted by Gasteiger charge is -2.20. The maximum Gasteiger partial charge on any atom is 0.144 e. The molecule has 2 rings (SSSR count). The molecule has 2 aromatic rings. The van der Waals surface area contributed by atoms with E-state index >= 15 is 0 Å². The zero-order valence-corrected chi connectivity index (χ0v) is 13.7. The van der Waals surface area contributed by atoms with Crippen LogP contribution in [0.4, 0.5) is 5.82 Å². The van der Waals surface area contributed by atoms with E-state index in [0.717, 1.165) is 49.5 Å². The van der Waals surface area contributed by atoms with Gasteiger partial charge in [-0.1, -0.05) is 26.0 Å². The average molecular weight is 302 g/mol. The van der Waals surface area contributed by atoms with Crippen molar-refractivity contribution >= 4 is 5.82 Å². The standard InChI is InChI=1S/C17H26N4O/c1-4-10-20(11-5-2)13-14-12-19-21(17(14)18)15-8-6-7-9-16(15)22-3/h6-9,12H,4-5,10-11,13,18H2,1-3H3. The summed E-state index contributed by atoms with van der Waals surface area (Å²) < 4.78 is 7.15. The molecule has 0 spiro atoms. The van der Waals surface area contributed by atoms with Gasteiger partial charge < -0.3 is 10.5 Å². The molecule has 1 aromatic carbocycles. The quantitative estimate of drug-likeness (QED) is 0.814. The Balaban J connectivity index is 2.25. The van der Waals surface area contributed by atoms with Crippen LogP contribution in [0.25, 0.3) is 5.69 Å². The first-order chi connectivity index (χ1) is 10.7. The number of nitrogens with zero attached hydrogens (tertiary/aromatic N) is 3. The van der Waals surface area contributed by atoms with E-state index in [1.165, 1.54) is 0 Å². The van der Waals surface area contributed by atoms with Crippen molar-refractivity contribution in [1.29, 1.82) is 0 Å². The molecule has 0 radical (unpaired) electrons. The Bertz CT molecular complexity index is 588. The van der Waals surface area contributed by atoms with Gasteiger partial charge in [-0.3, -0.25) is 4.90 Å². The van der Waals surface area contributed by atoms with E-state index in [0.29, 0.717) is 5.82 Å². The summed E-state index contributed by atoms with van der Waals surface area (Å²) in [7, 11) is 1.66. The van der Waals surface area contributed by atoms with Gasteiger partial charge in [-0.05, 0) is 38.1 Å². The van der Waals surface area contributed by atoms with Gasteiger partial charge in [0.05, 0.1) is 13.3 Å². The molecule has 1 heterocycles. The second kappa shape index (κ2) is 7.84. The van der Waals surface area contributed by atoms with Crippen LogP contribution in [0.1, 0.15) is 32.3 Å². The Kier molecular flexibility index (Phi) is 5.83. The molecule has 0 amide bonds. The van der Waals surface area contributed by atoms with Gasteiger partial charge in [0.15, 0.2) is 0 Å². The fourth-order valence-corrected chi connectivity index (χ4v) is 2.65. The van der Waals surface area contributed by atoms with Crippen molar-refractivity contribution in [2.45, 2.75) is 33.2 Å². The molecule has 2 N–H and O–H groups in total. The molecule has 0 bridgehead atoms. The van der Waals surface area contributed by atoms with Crippen LogP contribution in [0, 0.1) is 0 Å². The summed E-state index contributed by atoms with van der Waals surface area (Å²) in [6, 6.07) is 7.77. The molecule has 0 unspecified atom stereocenters. The Morgan fingerprint density at radius 3 is 2.50 bits per heavy atom. The van der Waals surface area contributed by atoms with E-state index in [4.69, 9.17) is 10.5 Å². The van der Waals surface area contributed by atoms with Crippen LogP contribution in [-0.2, 0) is 6.54 Å². The number of ether oxygens (including phenoxy) is 1. The van der Waals surface area contributed by atoms with Crippen molar-refractivity contribution in [2.75, 3.05) is 25.9 Å². The van der Waals surface area contributed by atoms with Crippen molar-refractivity contribution in [3.63, 3.8) is 0 Å². The largest absolute Gasteiger partial charge is 0.494 e. The van der Waals surface area contributed by atoms with E-state index in [1.807, 2.05) is 30.5 Å². The highest BCUT2D eigenvalue weighted by atomic mass is 16.5. The van der Waals surface area contributed by atoms with E-state index < -0.39 is 0 Å². The minimum Gasteiger partial charge on any atom is -0.494 e. The van der Waals surface area contributed by atoms with E-state index in [9.17, 15) is 0 Å². The maximum atomic E-state index is 6.32. The van der Waals surface area contributed by atoms with Crippen LogP contribution in [0.3, 0.4) is 0 Å². The minimum atomic E-state index is 0.682. The normalized spacial score (nSPS) is 11.1. The fourth-order valence-electron chi connectivity index (χ4n) is 2.65. The molecular weight excluding hydrogens is 276 g/mol. The molecule has 22 heavy (non-hydrogen) atoms. The number of methoxy groups -OCH3 is 1. The summed E-state index contributed by atoms with van der Waals surface area (Å²) in [5, 5.41) is 4.45. The van der Waals surface area contributed by atoms with Crippen molar-refractivity contribution in [3.8, 4) is 11.4 Å². The van der Waals surface area contributed by atoms with Crippen LogP contribution in [0.2, 0.25) is 0 Å². The average Bonchev–Trinajstić information content (AvgIpc) is 2.89. The summed E-state index contributed by atoms with van der Waals surface area (Å²) in [5.41, 5.74) is 8.25. The molecule has 0 aliphatic heterocycles. The number of nitrogen functional groups attached to an aromatic ring is 1. The van der Waals surface area contributed by atoms with Gasteiger partial charge in [-0.15, -0.1) is 0 Å². The zero-order valence-electron chi connectivity index (χ0n) is 13.7. The predicted molar refractivity (Wildman–Crippen MR) is 90.4 cm³/mol. The number of anilines is 1. The highest BCUT2D eigenvalue weighted by Gasteiger charge is 2.14. The van der Waals surface area contributed by atoms with E-state index in [-0.39, 0.29) is 0 Å². The molecule has 0 atom stereocenters. The Hall–Kier alpha value is -2.01. The van der Waals surface area contributed by atoms with Crippen molar-refractivity contribution < 1.29 is 4.74 Å². The topological polar surface area (TPSA) is 56.3 Å². The lowest BCUT2D eigenvalue weighted by molar-refractivity contribution is 0.267. The number of aromatic nitrogens is 2. The lowest BCUT2D eigenvalue weighted by atomic mass is 10.2. The SMILES string of the molecule is CCCN(CCC)Cc1cnn(-c2ccccc2OC)c1N. The fraction of sp³-hybridized carbons (Fsp3) is 0.471. The zero-order chi connectivity index (χ0) is 15.9. The molecular formula is C17H26N4O. The number of rotatable bonds is 8. The van der Waals surface area contributed by atoms with Gasteiger partial charge in [0.2, 0.25) is 0 Å². The Labute approximate surface area is 132 Å². The second-order valence-corrected chi connectivity index (χ2v) is 5.41. The first kappa shape index (κ1) is 16.4. The lowest BCUT2D eigenvalue weighted by Crippen LogP contribution is -2.25. The summed E-state index contributed by atoms with van der Waals surface area (Å²) in [4.78, 5) is 2.42. The van der Waals surface area contributed by atoms with Gasteiger partial charge in [-0.2, -0.15) is 5.10 Å². The highest BCUT2D eigenvalue weighted by molar-refractivity contribution is 5.53. The maximum absolute atomic E-state index is 6.32. The van der Waals surface area contributed by atoms with Gasteiger partial charge in [0.1, 0.15) is 17.3 Å². The summed E-state index contributed by atoms with van der Waals surface area (Å²) in [6.07, 6.45) is 4.14. The molecule has 120 valence electrons. The van der Waals surface area contributed by atoms with Crippen molar-refractivity contribution in [3.05, 3.63) is 36.0 Å². The number of para-hydroxylation sites is 2. The summed E-state index contributed by atoms with van der Waals surface area (Å²) in [5.74, 6) is 1.45. The van der Waals surface area contributed by atoms with Gasteiger partial charge >= 0.3 is 0 Å². The molecule has 5 nitrogen and oxygen atoms in total. The Morgan fingerprint density at radius 2 is 1.86 bits per heavy atom. The number of hydrogen-bond acceptors (Lipinski definition) is 4. The van der Waals surface area contributed by atoms with Gasteiger partial charge in [0, 0.05) is 12.1 Å². The molecule has 0 saturated heterocycles. The van der Waals surface area contributed by atoms with E-state index in [2.05, 4.69) is 23.8 Å². The molecule has 0 aliphatic carbocycles. The second-order valence-electron chi connectivity index (χ2n) is 5.41. The third-order valence-corrected chi connectivity index (χ3v) is 3.67. The van der Waals surface area contributed by atoms with Gasteiger partial charge in [0.25, 0.3) is 0 Å². The third-order valence-electron chi connectivity index (χ3n) is 3.67. The van der Waals surface area contributed by atoms with Crippen LogP contribution >= 0.6 is 0 Å². The highest BCUT2D eigenvalue weighted by Crippen LogP contribution is 2.26. The van der Waals surface area contributed by atoms with Crippen LogP contribution in [0.15, 0.2) is 30.5 Å². The number of hydrogen-bond donors (Lipinski definition) is 1. The minimum absolute atomic E-state index is 0.682. The van der Waals surface area contributed by atoms with Crippen molar-refractivity contribution in [1.82, 2.24) is 14.7 Å². The molecule has 5 heteroatoms. The summed E-state index contributed by atoms with van der Waals surface area (Å²) >= 11 is 0. The predicted octanol–water partition coefficient (Wildman–Crippen LogP) is 3.09. The first-order valence-corrected chi connectivity index (χ1v) is 7.89. The number of benzene rings is 1. The van der Waals surface area contributed by atoms with Gasteiger partial charge in [-0.25, -0.2) is 4.68 Å². The first-order valence-electron chi connectivity index (χ1n) is 7.89. The monoisotopic (exact) mass is 302 g/mol. The van der Waals surface area contributed by atoms with Crippen LogP contribution in [-0.4, -0.2) is 34.9 Å². The summed E-state index contributed by atoms with van der Waals surface area (Å²) in [6.45, 7) is 7.39.